The van der Waals surface area contributed by atoms with Crippen LogP contribution in [0.3, 0.4) is 0 Å². The van der Waals surface area contributed by atoms with Gasteiger partial charge in [0.05, 0.1) is 18.3 Å². The average molecular weight is 831 g/mol. The molecule has 2 amide bonds. The number of H-pyrrole nitrogens is 1. The Bertz CT molecular complexity index is 2710. The summed E-state index contributed by atoms with van der Waals surface area (Å²) < 4.78 is 34.8. The monoisotopic (exact) mass is 830 g/mol. The number of rotatable bonds is 12. The molecule has 2 aromatic heterocycles. The molecule has 0 spiro atoms. The number of allylic oxidation sites excluding steroid dienone is 1. The van der Waals surface area contributed by atoms with Crippen molar-refractivity contribution < 1.29 is 22.3 Å². The Morgan fingerprint density at radius 2 is 1.48 bits per heavy atom. The van der Waals surface area contributed by atoms with Gasteiger partial charge in [-0.3, -0.25) is 4.90 Å². The summed E-state index contributed by atoms with van der Waals surface area (Å²) in [5.41, 5.74) is 5.48. The number of benzene rings is 5. The third-order valence-corrected chi connectivity index (χ3v) is 16.0. The van der Waals surface area contributed by atoms with Crippen LogP contribution >= 0.6 is 7.26 Å². The number of amides is 2. The average Bonchev–Trinajstić information content (AvgIpc) is 3.82. The summed E-state index contributed by atoms with van der Waals surface area (Å²) in [4.78, 5) is 32.6. The van der Waals surface area contributed by atoms with Crippen molar-refractivity contribution in [1.29, 1.82) is 0 Å². The number of nitrogens with one attached hydrogen (secondary N) is 2. The van der Waals surface area contributed by atoms with Crippen LogP contribution in [0.2, 0.25) is 0 Å². The lowest BCUT2D eigenvalue weighted by Gasteiger charge is -2.28. The third kappa shape index (κ3) is 8.04. The van der Waals surface area contributed by atoms with Crippen LogP contribution < -0.4 is 31.8 Å². The summed E-state index contributed by atoms with van der Waals surface area (Å²) in [6, 6.07) is 47.8. The molecule has 5 aromatic carbocycles. The second-order valence-corrected chi connectivity index (χ2v) is 18.6. The zero-order chi connectivity index (χ0) is 42.5. The van der Waals surface area contributed by atoms with E-state index in [0.29, 0.717) is 35.5 Å². The van der Waals surface area contributed by atoms with E-state index in [9.17, 15) is 18.2 Å². The van der Waals surface area contributed by atoms with Gasteiger partial charge in [-0.25, -0.2) is 9.59 Å². The zero-order valence-corrected chi connectivity index (χ0v) is 35.2. The first-order chi connectivity index (χ1) is 29.7. The number of urea groups is 1. The highest BCUT2D eigenvalue weighted by Crippen LogP contribution is 2.54. The number of carbonyl (C=O) groups is 1. The lowest BCUT2D eigenvalue weighted by molar-refractivity contribution is -0.434. The number of hydrogen-bond donors (Lipinski definition) is 2. The Labute approximate surface area is 355 Å². The number of halogens is 2. The lowest BCUT2D eigenvalue weighted by atomic mass is 9.89. The summed E-state index contributed by atoms with van der Waals surface area (Å²) in [7, 11) is -4.79. The van der Waals surface area contributed by atoms with Crippen LogP contribution in [0.4, 0.5) is 19.1 Å². The van der Waals surface area contributed by atoms with E-state index in [4.69, 9.17) is 4.42 Å². The Hall–Kier alpha value is -6.64. The molecule has 7 aromatic rings. The number of aromatic nitrogens is 1. The molecule has 0 saturated carbocycles. The molecule has 0 fully saturated rings. The van der Waals surface area contributed by atoms with E-state index >= 15 is 0 Å². The molecule has 1 atom stereocenters. The van der Waals surface area contributed by atoms with Crippen molar-refractivity contribution in [3.05, 3.63) is 197 Å². The largest absolute Gasteiger partial charge is 0.603 e. The number of anilines is 1. The predicted molar refractivity (Wildman–Crippen MR) is 249 cm³/mol. The molecule has 7 nitrogen and oxygen atoms in total. The summed E-state index contributed by atoms with van der Waals surface area (Å²) in [6.45, 7) is 6.41. The number of fused-ring (bicyclic) bond motifs is 1. The van der Waals surface area contributed by atoms with E-state index < -0.39 is 26.3 Å². The van der Waals surface area contributed by atoms with Gasteiger partial charge >= 0.3 is 19.1 Å². The molecule has 1 aliphatic heterocycles. The van der Waals surface area contributed by atoms with Gasteiger partial charge in [-0.05, 0) is 110 Å². The first-order valence-corrected chi connectivity index (χ1v) is 22.4. The van der Waals surface area contributed by atoms with Crippen LogP contribution in [-0.2, 0) is 0 Å². The van der Waals surface area contributed by atoms with Crippen molar-refractivity contribution in [3.63, 3.8) is 0 Å². The minimum Gasteiger partial charge on any atom is -0.433 e. The van der Waals surface area contributed by atoms with Gasteiger partial charge in [-0.1, -0.05) is 78.9 Å². The van der Waals surface area contributed by atoms with E-state index in [-0.39, 0.29) is 6.03 Å². The fourth-order valence-corrected chi connectivity index (χ4v) is 12.7. The predicted octanol–water partition coefficient (Wildman–Crippen LogP) is 9.39. The van der Waals surface area contributed by atoms with Crippen molar-refractivity contribution in [2.24, 2.45) is 0 Å². The van der Waals surface area contributed by atoms with Gasteiger partial charge in [0.15, 0.2) is 0 Å². The molecule has 3 heterocycles. The molecule has 1 radical (unpaired) electrons. The molecule has 2 N–H and O–H groups in total. The topological polar surface area (TPSA) is 81.4 Å². The molecule has 11 heteroatoms. The van der Waals surface area contributed by atoms with Gasteiger partial charge in [0.2, 0.25) is 0 Å². The smallest absolute Gasteiger partial charge is 0.433 e. The molecule has 0 saturated heterocycles. The lowest BCUT2D eigenvalue weighted by Crippen LogP contribution is -2.43. The first kappa shape index (κ1) is 41.1. The molecule has 1 aliphatic rings. The molecule has 0 unspecified atom stereocenters. The fourth-order valence-electron chi connectivity index (χ4n) is 8.57. The fraction of sp³-hybridized carbons (Fsp3) is 0.140. The molecule has 8 rings (SSSR count). The summed E-state index contributed by atoms with van der Waals surface area (Å²) in [5, 5.41) is 7.72. The van der Waals surface area contributed by atoms with Crippen LogP contribution in [0.5, 0.6) is 0 Å². The van der Waals surface area contributed by atoms with Gasteiger partial charge < -0.3 is 27.8 Å². The van der Waals surface area contributed by atoms with Crippen LogP contribution in [0.25, 0.3) is 27.7 Å². The third-order valence-electron chi connectivity index (χ3n) is 11.6. The summed E-state index contributed by atoms with van der Waals surface area (Å²) >= 11 is 0. The Balaban J connectivity index is 1.05. The highest BCUT2D eigenvalue weighted by atomic mass is 31.2. The van der Waals surface area contributed by atoms with E-state index in [1.807, 2.05) is 86.7 Å². The van der Waals surface area contributed by atoms with E-state index in [1.165, 1.54) is 22.1 Å². The molecular weight excluding hydrogens is 784 g/mol. The van der Waals surface area contributed by atoms with E-state index in [2.05, 4.69) is 83.1 Å². The molecular formula is C50H46BF2N4O3P+. The van der Waals surface area contributed by atoms with Crippen LogP contribution in [0.1, 0.15) is 30.7 Å². The van der Waals surface area contributed by atoms with E-state index in [1.54, 1.807) is 30.2 Å². The van der Waals surface area contributed by atoms with Crippen molar-refractivity contribution >= 4 is 65.1 Å². The second kappa shape index (κ2) is 17.9. The molecule has 0 bridgehead atoms. The van der Waals surface area contributed by atoms with Crippen molar-refractivity contribution in [3.8, 4) is 11.1 Å². The van der Waals surface area contributed by atoms with Gasteiger partial charge in [0.25, 0.3) is 0 Å². The number of nitrogens with zero attached hydrogens (tertiary/aromatic N) is 2. The quantitative estimate of drug-likeness (QED) is 0.0732. The highest BCUT2D eigenvalue weighted by molar-refractivity contribution is 7.95. The van der Waals surface area contributed by atoms with Crippen molar-refractivity contribution in [2.75, 3.05) is 24.2 Å². The Morgan fingerprint density at radius 1 is 0.852 bits per heavy atom. The zero-order valence-electron chi connectivity index (χ0n) is 34.3. The van der Waals surface area contributed by atoms with Crippen LogP contribution in [0, 0.1) is 6.92 Å². The van der Waals surface area contributed by atoms with Gasteiger partial charge in [0.1, 0.15) is 41.0 Å². The Morgan fingerprint density at radius 3 is 2.03 bits per heavy atom. The molecule has 61 heavy (non-hydrogen) atoms. The number of aromatic amines is 1. The second-order valence-electron chi connectivity index (χ2n) is 15.0. The number of hydrogen-bond acceptors (Lipinski definition) is 3. The van der Waals surface area contributed by atoms with E-state index in [0.717, 1.165) is 44.0 Å². The first-order valence-electron chi connectivity index (χ1n) is 20.4. The normalized spacial score (nSPS) is 14.9. The van der Waals surface area contributed by atoms with Crippen molar-refractivity contribution in [2.45, 2.75) is 26.8 Å². The molecule has 305 valence electrons. The maximum Gasteiger partial charge on any atom is 0.603 e. The maximum atomic E-state index is 14.0. The van der Waals surface area contributed by atoms with Crippen LogP contribution in [0.15, 0.2) is 179 Å². The number of aryl methyl sites for hydroxylation is 1. The van der Waals surface area contributed by atoms with Crippen LogP contribution in [-0.4, -0.2) is 54.4 Å². The van der Waals surface area contributed by atoms with Crippen molar-refractivity contribution in [1.82, 2.24) is 10.3 Å². The summed E-state index contributed by atoms with van der Waals surface area (Å²) in [6.07, 6.45) is 7.43. The summed E-state index contributed by atoms with van der Waals surface area (Å²) in [5.74, 6) is 0. The molecule has 0 aliphatic carbocycles. The minimum absolute atomic E-state index is 0.239. The maximum absolute atomic E-state index is 14.0. The SMILES string of the molecule is CCN(C(=O)NCC[P+](c1ccccc1)(c1ccccc1)c1ccccc1)c1ccc2c(C)c(-c3ccc(/C(=C4\C=CC=[N+]([B-](F)F)[C@H]4C)c4ccc[nH]4)cc3)c(=O)oc2c1. The number of carbonyl (C=O) groups excluding carboxylic acids is 1. The van der Waals surface area contributed by atoms with Gasteiger partial charge in [0, 0.05) is 46.7 Å². The minimum atomic E-state index is -2.65. The Kier molecular flexibility index (Phi) is 12.1. The van der Waals surface area contributed by atoms with Gasteiger partial charge in [-0.15, -0.1) is 0 Å². The highest BCUT2D eigenvalue weighted by Gasteiger charge is 2.45. The van der Waals surface area contributed by atoms with Gasteiger partial charge in [-0.2, -0.15) is 0 Å². The standard InChI is InChI=1S/C50H45BF2N4O3P/c1-4-56(50(59)55-31-33-61(40-16-8-5-9-17-40,41-18-10-6-11-19-41)42-20-12-7-13-21-42)39-28-29-43-35(2)47(49(58)60-46(43)34-39)37-24-26-38(27-25-37)48(45-23-14-30-54-45)44-22-15-32-57(36(44)3)51(52)53/h5-30,32,34,36,54H,4,31,33H2,1-3H3/p+1/b48-44-/t36-/m0/s1.